The van der Waals surface area contributed by atoms with Crippen molar-refractivity contribution in [1.29, 1.82) is 0 Å². The molecule has 2 saturated carbocycles. The highest BCUT2D eigenvalue weighted by atomic mass is 16.8. The van der Waals surface area contributed by atoms with Crippen LogP contribution in [-0.4, -0.2) is 180 Å². The van der Waals surface area contributed by atoms with Gasteiger partial charge in [-0.1, -0.05) is 0 Å². The first-order valence-electron chi connectivity index (χ1n) is 20.3. The third kappa shape index (κ3) is 9.23. The summed E-state index contributed by atoms with van der Waals surface area (Å²) in [5.74, 6) is -9.14. The molecule has 18 unspecified atom stereocenters. The van der Waals surface area contributed by atoms with Gasteiger partial charge in [-0.15, -0.1) is 0 Å². The maximum Gasteiger partial charge on any atom is 0.341 e. The van der Waals surface area contributed by atoms with E-state index < -0.39 is 152 Å². The first kappa shape index (κ1) is 46.5. The topological polar surface area (TPSA) is 365 Å². The average Bonchev–Trinajstić information content (AvgIpc) is 3.90. The van der Waals surface area contributed by atoms with E-state index in [9.17, 15) is 75.3 Å². The molecule has 4 fully saturated rings. The maximum absolute atomic E-state index is 13.3. The molecular weight excluding hydrogens is 848 g/mol. The first-order chi connectivity index (χ1) is 30.0. The van der Waals surface area contributed by atoms with E-state index in [1.54, 1.807) is 0 Å². The number of phenols is 1. The molecule has 2 aliphatic carbocycles. The summed E-state index contributed by atoms with van der Waals surface area (Å²) in [4.78, 5) is 50.6. The van der Waals surface area contributed by atoms with Crippen molar-refractivity contribution in [3.05, 3.63) is 53.0 Å². The van der Waals surface area contributed by atoms with E-state index >= 15 is 0 Å². The summed E-state index contributed by atoms with van der Waals surface area (Å²) in [6.07, 6.45) is -15.4. The second kappa shape index (κ2) is 19.3. The summed E-state index contributed by atoms with van der Waals surface area (Å²) in [7, 11) is 0. The van der Waals surface area contributed by atoms with E-state index in [4.69, 9.17) is 37.9 Å². The number of phenolic OH excluding ortho intramolecular Hbond substituents is 1. The van der Waals surface area contributed by atoms with Gasteiger partial charge in [0.1, 0.15) is 60.1 Å². The molecule has 4 heterocycles. The summed E-state index contributed by atoms with van der Waals surface area (Å²) in [6, 6.07) is 3.30. The monoisotopic (exact) mass is 898 g/mol. The van der Waals surface area contributed by atoms with Gasteiger partial charge < -0.3 is 94.1 Å². The molecule has 1 aromatic carbocycles. The summed E-state index contributed by atoms with van der Waals surface area (Å²) >= 11 is 0. The first-order valence-corrected chi connectivity index (χ1v) is 20.3. The van der Waals surface area contributed by atoms with Crippen molar-refractivity contribution < 1.29 is 113 Å². The summed E-state index contributed by atoms with van der Waals surface area (Å²) < 4.78 is 44.9. The Balaban J connectivity index is 0.974. The fourth-order valence-electron chi connectivity index (χ4n) is 9.43. The molecule has 23 nitrogen and oxygen atoms in total. The predicted octanol–water partition coefficient (Wildman–Crippen LogP) is -2.73. The summed E-state index contributed by atoms with van der Waals surface area (Å²) in [6.45, 7) is -2.05. The fourth-order valence-corrected chi connectivity index (χ4v) is 9.43. The lowest BCUT2D eigenvalue weighted by Gasteiger charge is -2.43. The highest BCUT2D eigenvalue weighted by molar-refractivity contribution is 5.96. The van der Waals surface area contributed by atoms with Crippen LogP contribution in [0.5, 0.6) is 5.75 Å². The molecule has 2 saturated heterocycles. The lowest BCUT2D eigenvalue weighted by molar-refractivity contribution is -0.343. The van der Waals surface area contributed by atoms with E-state index in [1.165, 1.54) is 6.07 Å². The minimum absolute atomic E-state index is 0.0715. The number of rotatable bonds is 14. The number of carboxylic acids is 2. The molecule has 1 aromatic rings. The zero-order valence-corrected chi connectivity index (χ0v) is 33.3. The third-order valence-electron chi connectivity index (χ3n) is 12.8. The van der Waals surface area contributed by atoms with Gasteiger partial charge in [-0.05, 0) is 43.9 Å². The van der Waals surface area contributed by atoms with Crippen LogP contribution >= 0.6 is 0 Å². The standard InChI is InChI=1S/C40H50O23/c41-8-23-27(44)29(46)31(48)39(60-23)62-37-25-15(2-4-17(25)20(12-58-37)33(50)51)10-56-35(54)14-1-6-19(22(43)7-14)36(55)57-11-16-3-5-18-21(34(52)53)13-59-38(26(16)18)63-40-32(49)30(47)28(45)24(9-42)61-40/h1,6-7,12-13,15-18,23-32,37-49H,2-5,8-11H2,(H,50,51)(H,52,53). The zero-order chi connectivity index (χ0) is 45.4. The van der Waals surface area contributed by atoms with Gasteiger partial charge in [-0.2, -0.15) is 0 Å². The molecule has 11 N–H and O–H groups in total. The third-order valence-corrected chi connectivity index (χ3v) is 12.8. The van der Waals surface area contributed by atoms with Crippen molar-refractivity contribution in [2.24, 2.45) is 35.5 Å². The molecule has 23 heteroatoms. The minimum Gasteiger partial charge on any atom is -0.507 e. The number of carbonyl (C=O) groups is 4. The molecule has 0 amide bonds. The molecule has 18 atom stereocenters. The van der Waals surface area contributed by atoms with Crippen LogP contribution in [0.2, 0.25) is 0 Å². The Labute approximate surface area is 357 Å². The highest BCUT2D eigenvalue weighted by Gasteiger charge is 2.54. The number of carboxylic acid groups (broad SMARTS) is 2. The Kier molecular flexibility index (Phi) is 14.2. The van der Waals surface area contributed by atoms with Gasteiger partial charge in [-0.25, -0.2) is 19.2 Å². The van der Waals surface area contributed by atoms with Gasteiger partial charge in [0.2, 0.25) is 12.6 Å². The van der Waals surface area contributed by atoms with Crippen molar-refractivity contribution in [2.45, 2.75) is 99.7 Å². The van der Waals surface area contributed by atoms with Crippen LogP contribution in [0.25, 0.3) is 0 Å². The second-order valence-electron chi connectivity index (χ2n) is 16.4. The van der Waals surface area contributed by atoms with Crippen LogP contribution in [0.4, 0.5) is 0 Å². The van der Waals surface area contributed by atoms with Crippen molar-refractivity contribution >= 4 is 23.9 Å². The normalized spacial score (nSPS) is 39.7. The molecule has 348 valence electrons. The van der Waals surface area contributed by atoms with E-state index in [-0.39, 0.29) is 35.5 Å². The smallest absolute Gasteiger partial charge is 0.341 e. The van der Waals surface area contributed by atoms with Gasteiger partial charge in [-0.3, -0.25) is 0 Å². The van der Waals surface area contributed by atoms with Crippen LogP contribution < -0.4 is 0 Å². The van der Waals surface area contributed by atoms with Crippen molar-refractivity contribution in [3.63, 3.8) is 0 Å². The Hall–Kier alpha value is -4.50. The van der Waals surface area contributed by atoms with Crippen LogP contribution in [0.15, 0.2) is 41.9 Å². The molecule has 6 aliphatic rings. The van der Waals surface area contributed by atoms with E-state index in [1.807, 2.05) is 0 Å². The van der Waals surface area contributed by atoms with Gasteiger partial charge in [0.05, 0.1) is 55.7 Å². The van der Waals surface area contributed by atoms with Crippen LogP contribution in [-0.2, 0) is 47.5 Å². The highest BCUT2D eigenvalue weighted by Crippen LogP contribution is 2.49. The number of hydrogen-bond acceptors (Lipinski definition) is 21. The molecule has 0 bridgehead atoms. The molecule has 0 aromatic heterocycles. The van der Waals surface area contributed by atoms with Crippen LogP contribution in [0.3, 0.4) is 0 Å². The number of aliphatic hydroxyl groups excluding tert-OH is 8. The largest absolute Gasteiger partial charge is 0.507 e. The van der Waals surface area contributed by atoms with E-state index in [2.05, 4.69) is 0 Å². The number of aliphatic carboxylic acids is 2. The van der Waals surface area contributed by atoms with Crippen molar-refractivity contribution in [3.8, 4) is 5.75 Å². The second-order valence-corrected chi connectivity index (χ2v) is 16.4. The number of esters is 2. The lowest BCUT2D eigenvalue weighted by Crippen LogP contribution is -2.60. The Morgan fingerprint density at radius 2 is 1.03 bits per heavy atom. The molecular formula is C40H50O23. The molecule has 0 spiro atoms. The number of aromatic hydroxyl groups is 1. The Morgan fingerprint density at radius 1 is 0.587 bits per heavy atom. The number of carbonyl (C=O) groups excluding carboxylic acids is 2. The average molecular weight is 899 g/mol. The quantitative estimate of drug-likeness (QED) is 0.0845. The number of hydrogen-bond donors (Lipinski definition) is 11. The zero-order valence-electron chi connectivity index (χ0n) is 33.3. The predicted molar refractivity (Wildman–Crippen MR) is 199 cm³/mol. The molecule has 0 radical (unpaired) electrons. The summed E-state index contributed by atoms with van der Waals surface area (Å²) in [5.41, 5.74) is -0.651. The van der Waals surface area contributed by atoms with Gasteiger partial charge in [0.25, 0.3) is 0 Å². The van der Waals surface area contributed by atoms with Gasteiger partial charge in [0.15, 0.2) is 12.6 Å². The lowest BCUT2D eigenvalue weighted by atomic mass is 9.83. The van der Waals surface area contributed by atoms with E-state index in [0.29, 0.717) is 25.7 Å². The molecule has 7 rings (SSSR count). The van der Waals surface area contributed by atoms with Crippen molar-refractivity contribution in [2.75, 3.05) is 26.4 Å². The van der Waals surface area contributed by atoms with Crippen LogP contribution in [0, 0.1) is 35.5 Å². The summed E-state index contributed by atoms with van der Waals surface area (Å²) in [5, 5.41) is 111. The number of fused-ring (bicyclic) bond motifs is 2. The Bertz CT molecular complexity index is 1920. The van der Waals surface area contributed by atoms with E-state index in [0.717, 1.165) is 24.7 Å². The molecule has 4 aliphatic heterocycles. The number of aliphatic hydroxyl groups is 8. The van der Waals surface area contributed by atoms with Crippen LogP contribution in [0.1, 0.15) is 46.4 Å². The van der Waals surface area contributed by atoms with Gasteiger partial charge in [0, 0.05) is 35.5 Å². The number of ether oxygens (including phenoxy) is 8. The molecule has 63 heavy (non-hydrogen) atoms. The van der Waals surface area contributed by atoms with Gasteiger partial charge >= 0.3 is 23.9 Å². The fraction of sp³-hybridized carbons (Fsp3) is 0.650. The van der Waals surface area contributed by atoms with Crippen molar-refractivity contribution in [1.82, 2.24) is 0 Å². The Morgan fingerprint density at radius 3 is 1.44 bits per heavy atom. The minimum atomic E-state index is -1.78. The SMILES string of the molecule is O=C(O)C1=COC(OC2OC(CO)C(O)C(O)C2O)C2C(COC(=O)c3ccc(C(=O)OCC4CCC5C(C(=O)O)=COC(OC6OC(CO)C(O)C(O)C6O)C45)c(O)c3)CCC12. The maximum atomic E-state index is 13.3. The number of benzene rings is 1.